The lowest BCUT2D eigenvalue weighted by Gasteiger charge is -2.11. The van der Waals surface area contributed by atoms with E-state index in [-0.39, 0.29) is 11.3 Å². The molecule has 0 aromatic heterocycles. The third-order valence-electron chi connectivity index (χ3n) is 4.76. The van der Waals surface area contributed by atoms with E-state index in [4.69, 9.17) is 4.74 Å². The summed E-state index contributed by atoms with van der Waals surface area (Å²) < 4.78 is 10.0. The van der Waals surface area contributed by atoms with E-state index in [1.165, 1.54) is 37.6 Å². The summed E-state index contributed by atoms with van der Waals surface area (Å²) in [6.45, 7) is 2.40. The monoisotopic (exact) mass is 488 g/mol. The lowest BCUT2D eigenvalue weighted by molar-refractivity contribution is -0.136. The second-order valence-electron chi connectivity index (χ2n) is 7.22. The quantitative estimate of drug-likeness (QED) is 0.193. The number of amides is 3. The average molecular weight is 489 g/mol. The van der Waals surface area contributed by atoms with Gasteiger partial charge in [-0.05, 0) is 61.0 Å². The van der Waals surface area contributed by atoms with E-state index in [1.54, 1.807) is 48.5 Å². The van der Waals surface area contributed by atoms with Gasteiger partial charge in [-0.3, -0.25) is 14.4 Å². The Kier molecular flexibility index (Phi) is 8.88. The van der Waals surface area contributed by atoms with Gasteiger partial charge in [-0.25, -0.2) is 10.2 Å². The summed E-state index contributed by atoms with van der Waals surface area (Å²) in [5, 5.41) is 8.90. The van der Waals surface area contributed by atoms with Crippen molar-refractivity contribution in [3.05, 3.63) is 89.5 Å². The molecule has 10 heteroatoms. The second kappa shape index (κ2) is 12.5. The van der Waals surface area contributed by atoms with Gasteiger partial charge in [0.2, 0.25) is 0 Å². The van der Waals surface area contributed by atoms with Gasteiger partial charge < -0.3 is 20.1 Å². The topological polar surface area (TPSA) is 135 Å². The number of esters is 1. The highest BCUT2D eigenvalue weighted by molar-refractivity contribution is 6.40. The Balaban J connectivity index is 1.59. The van der Waals surface area contributed by atoms with Gasteiger partial charge >= 0.3 is 17.8 Å². The molecule has 0 aliphatic rings. The maximum atomic E-state index is 12.8. The minimum atomic E-state index is -1.03. The molecule has 0 aliphatic heterocycles. The predicted molar refractivity (Wildman–Crippen MR) is 134 cm³/mol. The van der Waals surface area contributed by atoms with Crippen LogP contribution in [0.2, 0.25) is 0 Å². The molecule has 3 amide bonds. The molecular weight excluding hydrogens is 464 g/mol. The second-order valence-corrected chi connectivity index (χ2v) is 7.22. The number of hydrazone groups is 1. The molecular formula is C26H24N4O6. The number of anilines is 2. The lowest BCUT2D eigenvalue weighted by Crippen LogP contribution is -2.33. The first-order chi connectivity index (χ1) is 17.4. The molecule has 184 valence electrons. The molecule has 0 unspecified atom stereocenters. The van der Waals surface area contributed by atoms with Crippen LogP contribution < -0.4 is 20.8 Å². The minimum Gasteiger partial charge on any atom is -0.494 e. The van der Waals surface area contributed by atoms with E-state index in [0.29, 0.717) is 29.2 Å². The number of methoxy groups -OCH3 is 1. The van der Waals surface area contributed by atoms with Crippen molar-refractivity contribution in [2.24, 2.45) is 5.10 Å². The molecule has 0 aliphatic carbocycles. The van der Waals surface area contributed by atoms with Crippen molar-refractivity contribution in [3.63, 3.8) is 0 Å². The number of carbonyl (C=O) groups excluding carboxylic acids is 4. The van der Waals surface area contributed by atoms with Gasteiger partial charge in [-0.15, -0.1) is 0 Å². The number of ether oxygens (including phenoxy) is 2. The number of hydrogen-bond acceptors (Lipinski definition) is 7. The van der Waals surface area contributed by atoms with Crippen molar-refractivity contribution in [3.8, 4) is 5.75 Å². The first kappa shape index (κ1) is 25.6. The van der Waals surface area contributed by atoms with Gasteiger partial charge in [-0.2, -0.15) is 5.10 Å². The zero-order valence-corrected chi connectivity index (χ0v) is 19.6. The highest BCUT2D eigenvalue weighted by atomic mass is 16.5. The zero-order valence-electron chi connectivity index (χ0n) is 19.6. The molecule has 36 heavy (non-hydrogen) atoms. The number of nitrogens with zero attached hydrogens (tertiary/aromatic N) is 1. The molecule has 3 aromatic carbocycles. The molecule has 0 heterocycles. The fraction of sp³-hybridized carbons (Fsp3) is 0.115. The summed E-state index contributed by atoms with van der Waals surface area (Å²) >= 11 is 0. The molecule has 0 saturated carbocycles. The van der Waals surface area contributed by atoms with E-state index in [9.17, 15) is 19.2 Å². The van der Waals surface area contributed by atoms with Crippen LogP contribution in [0.3, 0.4) is 0 Å². The summed E-state index contributed by atoms with van der Waals surface area (Å²) in [5.74, 6) is -2.30. The SMILES string of the molecule is CCOc1ccc(NC(=O)c2ccccc2NC(=O)C(=O)N/N=C\c2ccc(C(=O)OC)cc2)cc1. The number of nitrogens with one attached hydrogen (secondary N) is 3. The van der Waals surface area contributed by atoms with Crippen LogP contribution in [0.1, 0.15) is 33.2 Å². The highest BCUT2D eigenvalue weighted by Gasteiger charge is 2.18. The van der Waals surface area contributed by atoms with E-state index in [0.717, 1.165) is 0 Å². The molecule has 0 fully saturated rings. The van der Waals surface area contributed by atoms with Crippen LogP contribution in [0.4, 0.5) is 11.4 Å². The summed E-state index contributed by atoms with van der Waals surface area (Å²) in [6.07, 6.45) is 1.31. The molecule has 0 radical (unpaired) electrons. The van der Waals surface area contributed by atoms with Crippen molar-refractivity contribution >= 4 is 41.3 Å². The molecule has 10 nitrogen and oxygen atoms in total. The Bertz CT molecular complexity index is 1270. The first-order valence-corrected chi connectivity index (χ1v) is 10.9. The van der Waals surface area contributed by atoms with Crippen molar-refractivity contribution in [2.75, 3.05) is 24.4 Å². The number of rotatable bonds is 8. The molecule has 3 rings (SSSR count). The van der Waals surface area contributed by atoms with Gasteiger partial charge in [-0.1, -0.05) is 24.3 Å². The van der Waals surface area contributed by atoms with Crippen molar-refractivity contribution in [1.29, 1.82) is 0 Å². The van der Waals surface area contributed by atoms with Crippen LogP contribution in [0.25, 0.3) is 0 Å². The van der Waals surface area contributed by atoms with Crippen molar-refractivity contribution < 1.29 is 28.7 Å². The van der Waals surface area contributed by atoms with Gasteiger partial charge in [0.15, 0.2) is 0 Å². The summed E-state index contributed by atoms with van der Waals surface area (Å²) in [5.41, 5.74) is 3.93. The van der Waals surface area contributed by atoms with E-state index < -0.39 is 23.7 Å². The molecule has 3 aromatic rings. The Morgan fingerprint density at radius 1 is 0.861 bits per heavy atom. The van der Waals surface area contributed by atoms with Crippen LogP contribution in [0.5, 0.6) is 5.75 Å². The number of benzene rings is 3. The number of carbonyl (C=O) groups is 4. The maximum Gasteiger partial charge on any atom is 0.337 e. The third-order valence-corrected chi connectivity index (χ3v) is 4.76. The van der Waals surface area contributed by atoms with Crippen molar-refractivity contribution in [1.82, 2.24) is 5.43 Å². The summed E-state index contributed by atoms with van der Waals surface area (Å²) in [7, 11) is 1.28. The molecule has 3 N–H and O–H groups in total. The van der Waals surface area contributed by atoms with Crippen molar-refractivity contribution in [2.45, 2.75) is 6.92 Å². The number of hydrogen-bond donors (Lipinski definition) is 3. The Morgan fingerprint density at radius 2 is 1.56 bits per heavy atom. The summed E-state index contributed by atoms with van der Waals surface area (Å²) in [4.78, 5) is 48.7. The fourth-order valence-corrected chi connectivity index (χ4v) is 3.01. The number of para-hydroxylation sites is 1. The lowest BCUT2D eigenvalue weighted by atomic mass is 10.1. The molecule has 0 spiro atoms. The van der Waals surface area contributed by atoms with Gasteiger partial charge in [0.25, 0.3) is 5.91 Å². The largest absolute Gasteiger partial charge is 0.494 e. The normalized spacial score (nSPS) is 10.4. The predicted octanol–water partition coefficient (Wildman–Crippen LogP) is 3.21. The third kappa shape index (κ3) is 7.00. The maximum absolute atomic E-state index is 12.8. The summed E-state index contributed by atoms with van der Waals surface area (Å²) in [6, 6.07) is 19.4. The van der Waals surface area contributed by atoms with Gasteiger partial charge in [0, 0.05) is 5.69 Å². The fourth-order valence-electron chi connectivity index (χ4n) is 3.01. The Hall–Kier alpha value is -4.99. The highest BCUT2D eigenvalue weighted by Crippen LogP contribution is 2.19. The molecule has 0 saturated heterocycles. The van der Waals surface area contributed by atoms with E-state index >= 15 is 0 Å². The molecule has 0 atom stereocenters. The van der Waals surface area contributed by atoms with Crippen LogP contribution in [-0.4, -0.2) is 43.6 Å². The average Bonchev–Trinajstić information content (AvgIpc) is 2.90. The van der Waals surface area contributed by atoms with E-state index in [1.807, 2.05) is 6.92 Å². The van der Waals surface area contributed by atoms with Crippen LogP contribution in [0, 0.1) is 0 Å². The van der Waals surface area contributed by atoms with Crippen LogP contribution >= 0.6 is 0 Å². The van der Waals surface area contributed by atoms with Gasteiger partial charge in [0.05, 0.1) is 36.7 Å². The Labute approximate surface area is 207 Å². The smallest absolute Gasteiger partial charge is 0.337 e. The van der Waals surface area contributed by atoms with Gasteiger partial charge in [0.1, 0.15) is 5.75 Å². The zero-order chi connectivity index (χ0) is 25.9. The minimum absolute atomic E-state index is 0.156. The van der Waals surface area contributed by atoms with Crippen LogP contribution in [-0.2, 0) is 14.3 Å². The van der Waals surface area contributed by atoms with Crippen LogP contribution in [0.15, 0.2) is 77.9 Å². The molecule has 0 bridgehead atoms. The Morgan fingerprint density at radius 3 is 2.22 bits per heavy atom. The first-order valence-electron chi connectivity index (χ1n) is 10.9. The standard InChI is InChI=1S/C26H24N4O6/c1-3-36-20-14-12-19(13-15-20)28-23(31)21-6-4-5-7-22(21)29-24(32)25(33)30-27-16-17-8-10-18(11-9-17)26(34)35-2/h4-16H,3H2,1-2H3,(H,28,31)(H,29,32)(H,30,33)/b27-16-. The van der Waals surface area contributed by atoms with E-state index in [2.05, 4.69) is 25.9 Å².